The predicted octanol–water partition coefficient (Wildman–Crippen LogP) is 0.826. The lowest BCUT2D eigenvalue weighted by Gasteiger charge is -1.88. The summed E-state index contributed by atoms with van der Waals surface area (Å²) in [5.41, 5.74) is 0. The molecule has 0 fully saturated rings. The van der Waals surface area contributed by atoms with Gasteiger partial charge in [-0.3, -0.25) is 4.89 Å². The Morgan fingerprint density at radius 2 is 2.43 bits per heavy atom. The first-order valence-corrected chi connectivity index (χ1v) is 2.09. The van der Waals surface area contributed by atoms with E-state index in [9.17, 15) is 0 Å². The lowest BCUT2D eigenvalue weighted by molar-refractivity contribution is -0.238. The first-order chi connectivity index (χ1) is 3.41. The molecule has 0 aromatic heterocycles. The van der Waals surface area contributed by atoms with E-state index in [2.05, 4.69) is 9.78 Å². The van der Waals surface area contributed by atoms with Gasteiger partial charge in [-0.25, -0.2) is 0 Å². The third-order valence-corrected chi connectivity index (χ3v) is 0.384. The molecule has 3 nitrogen and oxygen atoms in total. The molecule has 0 aliphatic rings. The molecule has 3 heteroatoms. The van der Waals surface area contributed by atoms with Crippen molar-refractivity contribution in [3.63, 3.8) is 0 Å². The van der Waals surface area contributed by atoms with E-state index in [1.165, 1.54) is 6.26 Å². The van der Waals surface area contributed by atoms with Gasteiger partial charge in [-0.2, -0.15) is 4.89 Å². The van der Waals surface area contributed by atoms with Crippen LogP contribution in [0, 0.1) is 11.5 Å². The van der Waals surface area contributed by atoms with Gasteiger partial charge < -0.3 is 0 Å². The highest BCUT2D eigenvalue weighted by Gasteiger charge is 1.77. The van der Waals surface area contributed by atoms with Gasteiger partial charge in [-0.05, 0) is 6.42 Å². The minimum Gasteiger partial charge on any atom is -0.254 e. The molecule has 0 amide bonds. The van der Waals surface area contributed by atoms with Crippen LogP contribution in [0.3, 0.4) is 0 Å². The van der Waals surface area contributed by atoms with Crippen LogP contribution in [0.25, 0.3) is 0 Å². The van der Waals surface area contributed by atoms with E-state index in [1.54, 1.807) is 0 Å². The molecule has 0 aromatic carbocycles. The van der Waals surface area contributed by atoms with Crippen molar-refractivity contribution in [2.24, 2.45) is 0 Å². The van der Waals surface area contributed by atoms with E-state index in [-0.39, 0.29) is 0 Å². The third-order valence-electron chi connectivity index (χ3n) is 0.384. The maximum Gasteiger partial charge on any atom is 0.324 e. The fourth-order valence-corrected chi connectivity index (χ4v) is 0.151. The van der Waals surface area contributed by atoms with Gasteiger partial charge >= 0.3 is 6.26 Å². The van der Waals surface area contributed by atoms with Crippen molar-refractivity contribution in [3.05, 3.63) is 0 Å². The smallest absolute Gasteiger partial charge is 0.254 e. The summed E-state index contributed by atoms with van der Waals surface area (Å²) in [6.07, 6.45) is 2.24. The fraction of sp³-hybridized carbons (Fsp3) is 0.750. The average Bonchev–Trinajstić information content (AvgIpc) is 1.69. The summed E-state index contributed by atoms with van der Waals surface area (Å²) in [6.45, 7) is 2.41. The quantitative estimate of drug-likeness (QED) is 0.229. The molecule has 0 rings (SSSR count). The minimum absolute atomic E-state index is 0.480. The Balaban J connectivity index is 2.60. The van der Waals surface area contributed by atoms with Crippen LogP contribution >= 0.6 is 0 Å². The SMILES string of the molecule is CCCOOC#N. The van der Waals surface area contributed by atoms with E-state index < -0.39 is 0 Å². The Morgan fingerprint density at radius 1 is 1.71 bits per heavy atom. The van der Waals surface area contributed by atoms with Crippen molar-refractivity contribution >= 4 is 0 Å². The molecule has 0 atom stereocenters. The van der Waals surface area contributed by atoms with Crippen LogP contribution < -0.4 is 0 Å². The van der Waals surface area contributed by atoms with Gasteiger partial charge in [0.25, 0.3) is 0 Å². The van der Waals surface area contributed by atoms with Crippen LogP contribution in [-0.2, 0) is 9.78 Å². The van der Waals surface area contributed by atoms with Gasteiger partial charge in [0.15, 0.2) is 0 Å². The summed E-state index contributed by atoms with van der Waals surface area (Å²) in [5.74, 6) is 0. The lowest BCUT2D eigenvalue weighted by atomic mass is 10.5. The van der Waals surface area contributed by atoms with Crippen LogP contribution in [0.2, 0.25) is 0 Å². The second kappa shape index (κ2) is 5.25. The normalized spacial score (nSPS) is 7.43. The average molecular weight is 101 g/mol. The van der Waals surface area contributed by atoms with Crippen molar-refractivity contribution in [1.29, 1.82) is 5.26 Å². The van der Waals surface area contributed by atoms with Crippen molar-refractivity contribution in [2.45, 2.75) is 13.3 Å². The van der Waals surface area contributed by atoms with Gasteiger partial charge in [-0.1, -0.05) is 6.92 Å². The Labute approximate surface area is 42.4 Å². The van der Waals surface area contributed by atoms with Crippen molar-refractivity contribution in [2.75, 3.05) is 6.61 Å². The maximum atomic E-state index is 7.70. The minimum atomic E-state index is 0.480. The molecular weight excluding hydrogens is 94.0 g/mol. The highest BCUT2D eigenvalue weighted by molar-refractivity contribution is 4.37. The monoisotopic (exact) mass is 101 g/mol. The van der Waals surface area contributed by atoms with Crippen molar-refractivity contribution in [1.82, 2.24) is 0 Å². The zero-order valence-corrected chi connectivity index (χ0v) is 4.18. The van der Waals surface area contributed by atoms with Gasteiger partial charge in [0, 0.05) is 0 Å². The number of nitriles is 1. The standard InChI is InChI=1S/C4H7NO2/c1-2-3-6-7-4-5/h2-3H2,1H3. The Bertz CT molecular complexity index is 66.6. The largest absolute Gasteiger partial charge is 0.324 e. The molecular formula is C4H7NO2. The van der Waals surface area contributed by atoms with Crippen LogP contribution in [-0.4, -0.2) is 6.61 Å². The molecule has 0 N–H and O–H groups in total. The highest BCUT2D eigenvalue weighted by Crippen LogP contribution is 1.77. The van der Waals surface area contributed by atoms with E-state index in [0.29, 0.717) is 6.61 Å². The van der Waals surface area contributed by atoms with E-state index in [4.69, 9.17) is 5.26 Å². The van der Waals surface area contributed by atoms with Gasteiger partial charge in [0.1, 0.15) is 0 Å². The fourth-order valence-electron chi connectivity index (χ4n) is 0.151. The summed E-state index contributed by atoms with van der Waals surface area (Å²) >= 11 is 0. The van der Waals surface area contributed by atoms with E-state index >= 15 is 0 Å². The van der Waals surface area contributed by atoms with Crippen molar-refractivity contribution < 1.29 is 9.78 Å². The number of rotatable bonds is 3. The molecule has 40 valence electrons. The maximum absolute atomic E-state index is 7.70. The van der Waals surface area contributed by atoms with Crippen LogP contribution in [0.4, 0.5) is 0 Å². The number of hydrogen-bond acceptors (Lipinski definition) is 3. The number of nitrogens with zero attached hydrogens (tertiary/aromatic N) is 1. The van der Waals surface area contributed by atoms with Crippen LogP contribution in [0.5, 0.6) is 0 Å². The van der Waals surface area contributed by atoms with Crippen LogP contribution in [0.1, 0.15) is 13.3 Å². The molecule has 7 heavy (non-hydrogen) atoms. The molecule has 0 aliphatic carbocycles. The zero-order valence-electron chi connectivity index (χ0n) is 4.18. The summed E-state index contributed by atoms with van der Waals surface area (Å²) in [5, 5.41) is 7.70. The van der Waals surface area contributed by atoms with E-state index in [0.717, 1.165) is 6.42 Å². The van der Waals surface area contributed by atoms with Crippen molar-refractivity contribution in [3.8, 4) is 6.26 Å². The summed E-state index contributed by atoms with van der Waals surface area (Å²) in [6, 6.07) is 0. The summed E-state index contributed by atoms with van der Waals surface area (Å²) < 4.78 is 0. The topological polar surface area (TPSA) is 42.2 Å². The molecule has 0 aliphatic heterocycles. The number of hydrogen-bond donors (Lipinski definition) is 0. The second-order valence-corrected chi connectivity index (χ2v) is 0.997. The molecule has 0 spiro atoms. The Morgan fingerprint density at radius 3 is 2.86 bits per heavy atom. The van der Waals surface area contributed by atoms with Gasteiger partial charge in [0.05, 0.1) is 6.61 Å². The zero-order chi connectivity index (χ0) is 5.54. The van der Waals surface area contributed by atoms with Gasteiger partial charge in [-0.15, -0.1) is 5.26 Å². The molecule has 0 bridgehead atoms. The third kappa shape index (κ3) is 5.25. The molecule has 0 heterocycles. The lowest BCUT2D eigenvalue weighted by Crippen LogP contribution is -1.87. The predicted molar refractivity (Wildman–Crippen MR) is 22.9 cm³/mol. The first-order valence-electron chi connectivity index (χ1n) is 2.09. The van der Waals surface area contributed by atoms with E-state index in [1.807, 2.05) is 6.92 Å². The Kier molecular flexibility index (Phi) is 4.69. The molecule has 0 radical (unpaired) electrons. The first kappa shape index (κ1) is 6.25. The second-order valence-electron chi connectivity index (χ2n) is 0.997. The van der Waals surface area contributed by atoms with Crippen LogP contribution in [0.15, 0.2) is 0 Å². The molecule has 0 saturated carbocycles. The summed E-state index contributed by atoms with van der Waals surface area (Å²) in [4.78, 5) is 8.15. The molecule has 0 unspecified atom stereocenters. The Hall–Kier alpha value is -0.750. The van der Waals surface area contributed by atoms with Gasteiger partial charge in [0.2, 0.25) is 0 Å². The molecule has 0 aromatic rings. The highest BCUT2D eigenvalue weighted by atomic mass is 17.2. The molecule has 0 saturated heterocycles. The summed E-state index contributed by atoms with van der Waals surface area (Å²) in [7, 11) is 0.